The fraction of sp³-hybridized carbons (Fsp3) is 0.192. The lowest BCUT2D eigenvalue weighted by atomic mass is 10.0. The Kier molecular flexibility index (Phi) is 5.02. The van der Waals surface area contributed by atoms with Gasteiger partial charge in [-0.3, -0.25) is 9.97 Å². The van der Waals surface area contributed by atoms with E-state index in [1.807, 2.05) is 42.7 Å². The van der Waals surface area contributed by atoms with Crippen LogP contribution in [0.4, 0.5) is 11.6 Å². The SMILES string of the molecule is COc1cc2nccc(N3CCOc4ccc(-c5c[nH+]c6nc(N)[nH]c6c5)cc4C3)c2cc1OC. The largest absolute Gasteiger partial charge is 0.493 e. The summed E-state index contributed by atoms with van der Waals surface area (Å²) >= 11 is 0. The molecule has 176 valence electrons. The molecule has 0 fully saturated rings. The van der Waals surface area contributed by atoms with E-state index >= 15 is 0 Å². The monoisotopic (exact) mass is 469 g/mol. The Morgan fingerprint density at radius 3 is 2.77 bits per heavy atom. The number of nitrogens with zero attached hydrogens (tertiary/aromatic N) is 3. The Balaban J connectivity index is 1.39. The number of nitrogens with two attached hydrogens (primary N) is 1. The summed E-state index contributed by atoms with van der Waals surface area (Å²) in [6.45, 7) is 2.01. The lowest BCUT2D eigenvalue weighted by Gasteiger charge is -2.24. The first-order valence-corrected chi connectivity index (χ1v) is 11.3. The van der Waals surface area contributed by atoms with Gasteiger partial charge in [0.1, 0.15) is 17.9 Å². The third kappa shape index (κ3) is 3.71. The van der Waals surface area contributed by atoms with Gasteiger partial charge in [-0.1, -0.05) is 6.07 Å². The van der Waals surface area contributed by atoms with Crippen molar-refractivity contribution in [3.05, 3.63) is 60.4 Å². The molecule has 1 aliphatic heterocycles. The molecule has 5 aromatic rings. The van der Waals surface area contributed by atoms with Crippen LogP contribution in [0.2, 0.25) is 0 Å². The molecule has 0 radical (unpaired) electrons. The zero-order valence-corrected chi connectivity index (χ0v) is 19.5. The third-order valence-electron chi connectivity index (χ3n) is 6.35. The number of hydrogen-bond acceptors (Lipinski definition) is 7. The number of aromatic amines is 2. The number of rotatable bonds is 4. The minimum Gasteiger partial charge on any atom is -0.493 e. The zero-order valence-electron chi connectivity index (χ0n) is 19.5. The average molecular weight is 470 g/mol. The maximum absolute atomic E-state index is 6.12. The summed E-state index contributed by atoms with van der Waals surface area (Å²) in [5.41, 5.74) is 12.5. The van der Waals surface area contributed by atoms with E-state index in [1.165, 1.54) is 0 Å². The van der Waals surface area contributed by atoms with Crippen LogP contribution in [0, 0.1) is 0 Å². The first-order chi connectivity index (χ1) is 17.1. The number of benzene rings is 2. The van der Waals surface area contributed by atoms with Crippen LogP contribution in [0.15, 0.2) is 54.9 Å². The molecule has 0 amide bonds. The molecule has 0 saturated heterocycles. The number of methoxy groups -OCH3 is 2. The highest BCUT2D eigenvalue weighted by Crippen LogP contribution is 2.37. The van der Waals surface area contributed by atoms with Gasteiger partial charge in [0.15, 0.2) is 11.5 Å². The molecule has 2 aromatic carbocycles. The van der Waals surface area contributed by atoms with Crippen LogP contribution in [-0.4, -0.2) is 42.3 Å². The summed E-state index contributed by atoms with van der Waals surface area (Å²) in [5, 5.41) is 1.00. The first kappa shape index (κ1) is 21.0. The van der Waals surface area contributed by atoms with Gasteiger partial charge >= 0.3 is 11.6 Å². The van der Waals surface area contributed by atoms with E-state index < -0.39 is 0 Å². The standard InChI is InChI=1S/C26H24N6O3/c1-33-23-11-18-19(12-24(23)34-2)28-6-5-21(18)32-7-8-35-22-4-3-15(9-17(22)14-32)16-10-20-25(29-13-16)31-26(27)30-20/h3-6,9-13H,7-8,14H2,1-2H3,(H3,27,29,30,31)/p+1. The number of H-pyrrole nitrogens is 2. The quantitative estimate of drug-likeness (QED) is 0.414. The molecule has 0 aliphatic carbocycles. The van der Waals surface area contributed by atoms with E-state index in [4.69, 9.17) is 19.9 Å². The fourth-order valence-electron chi connectivity index (χ4n) is 4.64. The van der Waals surface area contributed by atoms with Gasteiger partial charge in [0.2, 0.25) is 0 Å². The molecule has 3 aromatic heterocycles. The number of ether oxygens (including phenoxy) is 3. The van der Waals surface area contributed by atoms with E-state index in [0.717, 1.165) is 56.7 Å². The van der Waals surface area contributed by atoms with Crippen LogP contribution in [0.25, 0.3) is 33.2 Å². The highest BCUT2D eigenvalue weighted by atomic mass is 16.5. The Hall–Kier alpha value is -4.53. The lowest BCUT2D eigenvalue weighted by molar-refractivity contribution is -0.346. The van der Waals surface area contributed by atoms with Crippen molar-refractivity contribution in [3.8, 4) is 28.4 Å². The van der Waals surface area contributed by atoms with E-state index in [0.29, 0.717) is 30.6 Å². The number of nitrogen functional groups attached to an aromatic ring is 1. The van der Waals surface area contributed by atoms with Gasteiger partial charge < -0.3 is 24.8 Å². The van der Waals surface area contributed by atoms with Crippen molar-refractivity contribution in [2.75, 3.05) is 38.0 Å². The highest BCUT2D eigenvalue weighted by Gasteiger charge is 2.20. The van der Waals surface area contributed by atoms with Gasteiger partial charge in [-0.15, -0.1) is 0 Å². The molecule has 9 heteroatoms. The van der Waals surface area contributed by atoms with Crippen LogP contribution in [0.3, 0.4) is 0 Å². The second-order valence-corrected chi connectivity index (χ2v) is 8.42. The zero-order chi connectivity index (χ0) is 23.9. The Morgan fingerprint density at radius 1 is 1.06 bits per heavy atom. The van der Waals surface area contributed by atoms with E-state index in [1.54, 1.807) is 14.2 Å². The molecule has 9 nitrogen and oxygen atoms in total. The van der Waals surface area contributed by atoms with Gasteiger partial charge in [-0.2, -0.15) is 0 Å². The summed E-state index contributed by atoms with van der Waals surface area (Å²) in [7, 11) is 3.27. The molecule has 35 heavy (non-hydrogen) atoms. The molecule has 0 saturated carbocycles. The number of anilines is 2. The van der Waals surface area contributed by atoms with Gasteiger partial charge in [0, 0.05) is 41.0 Å². The highest BCUT2D eigenvalue weighted by molar-refractivity contribution is 5.94. The van der Waals surface area contributed by atoms with Crippen LogP contribution >= 0.6 is 0 Å². The minimum absolute atomic E-state index is 0.387. The fourth-order valence-corrected chi connectivity index (χ4v) is 4.64. The van der Waals surface area contributed by atoms with Crippen LogP contribution < -0.4 is 29.8 Å². The molecule has 1 aliphatic rings. The van der Waals surface area contributed by atoms with Crippen molar-refractivity contribution in [1.29, 1.82) is 0 Å². The molecule has 4 heterocycles. The lowest BCUT2D eigenvalue weighted by Crippen LogP contribution is -2.25. The molecular weight excluding hydrogens is 444 g/mol. The molecule has 0 unspecified atom stereocenters. The molecule has 0 bridgehead atoms. The smallest absolute Gasteiger partial charge is 0.349 e. The number of nitrogens with one attached hydrogen (secondary N) is 2. The molecule has 4 N–H and O–H groups in total. The second kappa shape index (κ2) is 8.35. The second-order valence-electron chi connectivity index (χ2n) is 8.42. The average Bonchev–Trinajstić information content (AvgIpc) is 3.13. The first-order valence-electron chi connectivity index (χ1n) is 11.3. The van der Waals surface area contributed by atoms with Crippen molar-refractivity contribution in [1.82, 2.24) is 15.0 Å². The summed E-state index contributed by atoms with van der Waals surface area (Å²) in [5.74, 6) is 2.61. The molecular formula is C26H25N6O3+. The van der Waals surface area contributed by atoms with E-state index in [2.05, 4.69) is 37.0 Å². The minimum atomic E-state index is 0.387. The number of aromatic nitrogens is 4. The van der Waals surface area contributed by atoms with Crippen molar-refractivity contribution >= 4 is 33.7 Å². The molecule has 0 spiro atoms. The topological polar surface area (TPSA) is 113 Å². The van der Waals surface area contributed by atoms with E-state index in [-0.39, 0.29) is 0 Å². The number of imidazole rings is 1. The van der Waals surface area contributed by atoms with Crippen LogP contribution in [0.1, 0.15) is 5.56 Å². The summed E-state index contributed by atoms with van der Waals surface area (Å²) < 4.78 is 17.1. The molecule has 6 rings (SSSR count). The predicted molar refractivity (Wildman–Crippen MR) is 134 cm³/mol. The predicted octanol–water partition coefficient (Wildman–Crippen LogP) is 3.59. The Labute approximate surface area is 201 Å². The maximum atomic E-state index is 6.12. The maximum Gasteiger partial charge on any atom is 0.349 e. The van der Waals surface area contributed by atoms with Crippen LogP contribution in [-0.2, 0) is 6.54 Å². The number of pyridine rings is 2. The number of hydrogen-bond donors (Lipinski definition) is 2. The molecule has 0 atom stereocenters. The van der Waals surface area contributed by atoms with Crippen molar-refractivity contribution in [2.24, 2.45) is 0 Å². The van der Waals surface area contributed by atoms with Gasteiger partial charge in [-0.25, -0.2) is 4.98 Å². The van der Waals surface area contributed by atoms with Crippen molar-refractivity contribution < 1.29 is 19.2 Å². The summed E-state index contributed by atoms with van der Waals surface area (Å²) in [6, 6.07) is 14.3. The Morgan fingerprint density at radius 2 is 1.91 bits per heavy atom. The van der Waals surface area contributed by atoms with E-state index in [9.17, 15) is 0 Å². The summed E-state index contributed by atoms with van der Waals surface area (Å²) in [6.07, 6.45) is 3.77. The van der Waals surface area contributed by atoms with Crippen LogP contribution in [0.5, 0.6) is 17.2 Å². The van der Waals surface area contributed by atoms with Gasteiger partial charge in [0.05, 0.1) is 32.5 Å². The normalized spacial score (nSPS) is 13.4. The van der Waals surface area contributed by atoms with Crippen molar-refractivity contribution in [2.45, 2.75) is 6.54 Å². The van der Waals surface area contributed by atoms with Gasteiger partial charge in [-0.05, 0) is 40.9 Å². The Bertz CT molecular complexity index is 1560. The number of fused-ring (bicyclic) bond motifs is 3. The van der Waals surface area contributed by atoms with Gasteiger partial charge in [0.25, 0.3) is 0 Å². The third-order valence-corrected chi connectivity index (χ3v) is 6.35. The van der Waals surface area contributed by atoms with Crippen molar-refractivity contribution in [3.63, 3.8) is 0 Å². The summed E-state index contributed by atoms with van der Waals surface area (Å²) in [4.78, 5) is 17.4.